The Morgan fingerprint density at radius 3 is 2.79 bits per heavy atom. The van der Waals surface area contributed by atoms with E-state index in [1.54, 1.807) is 12.4 Å². The summed E-state index contributed by atoms with van der Waals surface area (Å²) in [7, 11) is 0. The summed E-state index contributed by atoms with van der Waals surface area (Å²) in [5.74, 6) is 1.50. The Morgan fingerprint density at radius 2 is 2.04 bits per heavy atom. The number of ether oxygens (including phenoxy) is 1. The number of fused-ring (bicyclic) bond motifs is 1. The van der Waals surface area contributed by atoms with E-state index in [9.17, 15) is 0 Å². The molecule has 2 N–H and O–H groups in total. The molecule has 4 rings (SSSR count). The van der Waals surface area contributed by atoms with Crippen LogP contribution in [-0.4, -0.2) is 39.9 Å². The number of halogens is 1. The average molecular weight is 454 g/mol. The molecule has 0 aliphatic carbocycles. The summed E-state index contributed by atoms with van der Waals surface area (Å²) in [6, 6.07) is 13.6. The van der Waals surface area contributed by atoms with Crippen molar-refractivity contribution in [1.29, 1.82) is 0 Å². The quantitative estimate of drug-likeness (QED) is 0.473. The average Bonchev–Trinajstić information content (AvgIpc) is 3.05. The molecule has 0 saturated heterocycles. The second-order valence-corrected chi connectivity index (χ2v) is 7.96. The summed E-state index contributed by atoms with van der Waals surface area (Å²) in [6.45, 7) is 3.29. The predicted octanol–water partition coefficient (Wildman–Crippen LogP) is 3.61. The first kappa shape index (κ1) is 19.2. The van der Waals surface area contributed by atoms with Gasteiger partial charge in [0.25, 0.3) is 0 Å². The fraction of sp³-hybridized carbons (Fsp3) is 0.143. The van der Waals surface area contributed by atoms with Crippen LogP contribution in [0.2, 0.25) is 5.02 Å². The van der Waals surface area contributed by atoms with Crippen LogP contribution in [0.25, 0.3) is 6.08 Å². The third kappa shape index (κ3) is 3.36. The van der Waals surface area contributed by atoms with E-state index >= 15 is 0 Å². The molecule has 2 aromatic carbocycles. The zero-order valence-electron chi connectivity index (χ0n) is 15.3. The van der Waals surface area contributed by atoms with Gasteiger partial charge in [0, 0.05) is 0 Å². The van der Waals surface area contributed by atoms with E-state index in [1.165, 1.54) is 0 Å². The summed E-state index contributed by atoms with van der Waals surface area (Å²) in [5.41, 5.74) is 10.1. The Kier molecular flexibility index (Phi) is 5.26. The molecule has 3 aromatic rings. The molecular formula is C21H19AsClN4O+. The maximum absolute atomic E-state index is 6.06. The first-order valence-corrected chi connectivity index (χ1v) is 10.2. The van der Waals surface area contributed by atoms with Crippen LogP contribution in [0.15, 0.2) is 55.0 Å². The van der Waals surface area contributed by atoms with Gasteiger partial charge in [-0.1, -0.05) is 0 Å². The van der Waals surface area contributed by atoms with Gasteiger partial charge in [-0.25, -0.2) is 0 Å². The van der Waals surface area contributed by atoms with Crippen LogP contribution < -0.4 is 19.4 Å². The number of aryl methyl sites for hydroxylation is 1. The molecular weight excluding hydrogens is 435 g/mol. The zero-order chi connectivity index (χ0) is 19.7. The molecule has 1 atom stereocenters. The number of aromatic nitrogens is 2. The minimum absolute atomic E-state index is 0.495. The third-order valence-corrected chi connectivity index (χ3v) is 5.76. The molecule has 1 aliphatic heterocycles. The summed E-state index contributed by atoms with van der Waals surface area (Å²) in [5, 5.41) is 0.645. The molecule has 2 radical (unpaired) electrons. The molecule has 2 heterocycles. The van der Waals surface area contributed by atoms with Crippen molar-refractivity contribution in [3.8, 4) is 11.5 Å². The number of hydrogen-bond acceptors (Lipinski definition) is 4. The number of nitrogens with two attached hydrogens (primary N) is 1. The van der Waals surface area contributed by atoms with Crippen molar-refractivity contribution >= 4 is 50.4 Å². The second-order valence-electron chi connectivity index (χ2n) is 6.64. The van der Waals surface area contributed by atoms with Gasteiger partial charge in [-0.2, -0.15) is 0 Å². The second kappa shape index (κ2) is 7.69. The molecule has 140 valence electrons. The van der Waals surface area contributed by atoms with Crippen molar-refractivity contribution in [2.45, 2.75) is 6.92 Å². The van der Waals surface area contributed by atoms with Gasteiger partial charge in [0.15, 0.2) is 0 Å². The van der Waals surface area contributed by atoms with E-state index in [-0.39, 0.29) is 0 Å². The Labute approximate surface area is 177 Å². The summed E-state index contributed by atoms with van der Waals surface area (Å²) < 4.78 is 7.42. The Hall–Kier alpha value is -2.17. The Bertz CT molecular complexity index is 1070. The molecule has 0 fully saturated rings. The maximum atomic E-state index is 6.06. The van der Waals surface area contributed by atoms with Crippen molar-refractivity contribution in [2.24, 2.45) is 5.73 Å². The summed E-state index contributed by atoms with van der Waals surface area (Å²) in [4.78, 5) is 8.81. The van der Waals surface area contributed by atoms with Gasteiger partial charge < -0.3 is 0 Å². The van der Waals surface area contributed by atoms with Gasteiger partial charge in [0.1, 0.15) is 0 Å². The molecule has 7 heteroatoms. The van der Waals surface area contributed by atoms with Crippen LogP contribution in [0.3, 0.4) is 0 Å². The molecule has 1 unspecified atom stereocenters. The van der Waals surface area contributed by atoms with Crippen molar-refractivity contribution in [3.05, 3.63) is 71.3 Å². The fourth-order valence-corrected chi connectivity index (χ4v) is 4.45. The molecule has 1 aromatic heterocycles. The summed E-state index contributed by atoms with van der Waals surface area (Å²) >= 11 is 8.60. The first-order chi connectivity index (χ1) is 13.5. The van der Waals surface area contributed by atoms with Crippen LogP contribution in [0, 0.1) is 6.92 Å². The van der Waals surface area contributed by atoms with Crippen molar-refractivity contribution < 1.29 is 4.74 Å². The Balaban J connectivity index is 1.75. The van der Waals surface area contributed by atoms with Crippen LogP contribution in [0.5, 0.6) is 11.5 Å². The third-order valence-electron chi connectivity index (χ3n) is 4.84. The van der Waals surface area contributed by atoms with Gasteiger partial charge in [-0.3, -0.25) is 0 Å². The standard InChI is InChI=1S/C21H19AsClN4O/c1-14-11-16(5-6-19(14)28-17-4-2-3-15(23)12-17)27(10-8-24)9-7-18-20(27)21(22)26-13-25-18/h2-7,9,11-13H,8,10,24H2,1H3/q+1. The zero-order valence-corrected chi connectivity index (χ0v) is 18.0. The molecule has 1 aliphatic rings. The first-order valence-electron chi connectivity index (χ1n) is 8.90. The van der Waals surface area contributed by atoms with Gasteiger partial charge in [0.2, 0.25) is 0 Å². The van der Waals surface area contributed by atoms with E-state index < -0.39 is 0 Å². The SMILES string of the molecule is Cc1cc([N+]2(CCN)C=Cc3ncnc([As])c32)ccc1Oc1cccc(Cl)c1. The number of rotatable bonds is 5. The van der Waals surface area contributed by atoms with E-state index in [4.69, 9.17) is 22.1 Å². The van der Waals surface area contributed by atoms with E-state index in [0.29, 0.717) is 21.8 Å². The predicted molar refractivity (Wildman–Crippen MR) is 115 cm³/mol. The van der Waals surface area contributed by atoms with E-state index in [0.717, 1.165) is 39.4 Å². The monoisotopic (exact) mass is 453 g/mol. The van der Waals surface area contributed by atoms with Gasteiger partial charge in [0.05, 0.1) is 0 Å². The van der Waals surface area contributed by atoms with Gasteiger partial charge in [-0.05, 0) is 0 Å². The normalized spacial score (nSPS) is 17.6. The minimum atomic E-state index is 0.495. The summed E-state index contributed by atoms with van der Waals surface area (Å²) in [6.07, 6.45) is 5.76. The number of nitrogens with zero attached hydrogens (tertiary/aromatic N) is 3. The van der Waals surface area contributed by atoms with Crippen LogP contribution in [-0.2, 0) is 0 Å². The molecule has 0 amide bonds. The molecule has 0 spiro atoms. The molecule has 0 saturated carbocycles. The number of benzene rings is 2. The molecule has 5 nitrogen and oxygen atoms in total. The van der Waals surface area contributed by atoms with Crippen LogP contribution in [0.4, 0.5) is 11.4 Å². The number of hydrogen-bond donors (Lipinski definition) is 1. The Morgan fingerprint density at radius 1 is 1.18 bits per heavy atom. The van der Waals surface area contributed by atoms with Crippen molar-refractivity contribution in [2.75, 3.05) is 13.1 Å². The van der Waals surface area contributed by atoms with Gasteiger partial charge in [-0.15, -0.1) is 0 Å². The number of quaternary nitrogens is 1. The molecule has 28 heavy (non-hydrogen) atoms. The van der Waals surface area contributed by atoms with E-state index in [1.807, 2.05) is 37.3 Å². The molecule has 0 bridgehead atoms. The van der Waals surface area contributed by atoms with Crippen LogP contribution in [0.1, 0.15) is 11.3 Å². The van der Waals surface area contributed by atoms with Crippen molar-refractivity contribution in [3.63, 3.8) is 0 Å². The topological polar surface area (TPSA) is 61.0 Å². The van der Waals surface area contributed by atoms with Crippen LogP contribution >= 0.6 is 11.6 Å². The van der Waals surface area contributed by atoms with Gasteiger partial charge >= 0.3 is 178 Å². The fourth-order valence-electron chi connectivity index (χ4n) is 3.55. The van der Waals surface area contributed by atoms with Crippen molar-refractivity contribution in [1.82, 2.24) is 14.5 Å². The van der Waals surface area contributed by atoms with E-state index in [2.05, 4.69) is 45.2 Å².